The van der Waals surface area contributed by atoms with Crippen molar-refractivity contribution >= 4 is 11.0 Å². The Labute approximate surface area is 138 Å². The molecule has 0 bridgehead atoms. The van der Waals surface area contributed by atoms with Crippen LogP contribution in [0, 0.1) is 5.82 Å². The van der Waals surface area contributed by atoms with Gasteiger partial charge in [-0.05, 0) is 48.0 Å². The number of rotatable bonds is 4. The first-order valence-electron chi connectivity index (χ1n) is 7.70. The molecule has 3 aromatic carbocycles. The second kappa shape index (κ2) is 6.16. The molecule has 24 heavy (non-hydrogen) atoms. The maximum absolute atomic E-state index is 13.3. The van der Waals surface area contributed by atoms with Gasteiger partial charge in [-0.15, -0.1) is 0 Å². The van der Waals surface area contributed by atoms with Crippen molar-refractivity contribution < 1.29 is 9.13 Å². The van der Waals surface area contributed by atoms with Crippen LogP contribution >= 0.6 is 0 Å². The Kier molecular flexibility index (Phi) is 3.71. The van der Waals surface area contributed by atoms with Crippen LogP contribution in [0.2, 0.25) is 0 Å². The lowest BCUT2D eigenvalue weighted by molar-refractivity contribution is 0.306. The molecule has 0 radical (unpaired) electrons. The van der Waals surface area contributed by atoms with E-state index in [1.165, 1.54) is 12.1 Å². The number of nitrogens with one attached hydrogen (secondary N) is 1. The van der Waals surface area contributed by atoms with Crippen LogP contribution in [0.25, 0.3) is 22.4 Å². The first kappa shape index (κ1) is 14.5. The number of fused-ring (bicyclic) bond motifs is 1. The highest BCUT2D eigenvalue weighted by Gasteiger charge is 2.06. The highest BCUT2D eigenvalue weighted by atomic mass is 19.1. The minimum atomic E-state index is -0.276. The topological polar surface area (TPSA) is 37.9 Å². The Hall–Kier alpha value is -3.14. The van der Waals surface area contributed by atoms with Gasteiger partial charge in [0.2, 0.25) is 0 Å². The summed E-state index contributed by atoms with van der Waals surface area (Å²) < 4.78 is 19.0. The summed E-state index contributed by atoms with van der Waals surface area (Å²) in [5.41, 5.74) is 3.49. The Morgan fingerprint density at radius 1 is 0.917 bits per heavy atom. The first-order valence-corrected chi connectivity index (χ1v) is 7.70. The van der Waals surface area contributed by atoms with Crippen LogP contribution in [-0.4, -0.2) is 9.97 Å². The van der Waals surface area contributed by atoms with E-state index in [9.17, 15) is 4.39 Å². The van der Waals surface area contributed by atoms with Crippen LogP contribution in [0.15, 0.2) is 72.8 Å². The Balaban J connectivity index is 1.52. The van der Waals surface area contributed by atoms with Gasteiger partial charge in [-0.3, -0.25) is 0 Å². The van der Waals surface area contributed by atoms with Crippen molar-refractivity contribution in [2.45, 2.75) is 6.61 Å². The normalized spacial score (nSPS) is 10.9. The number of imidazole rings is 1. The second-order valence-corrected chi connectivity index (χ2v) is 5.55. The highest BCUT2D eigenvalue weighted by Crippen LogP contribution is 2.23. The fourth-order valence-corrected chi connectivity index (χ4v) is 2.57. The average molecular weight is 318 g/mol. The summed E-state index contributed by atoms with van der Waals surface area (Å²) in [6.45, 7) is 0.532. The maximum atomic E-state index is 13.3. The van der Waals surface area contributed by atoms with Crippen molar-refractivity contribution in [3.63, 3.8) is 0 Å². The van der Waals surface area contributed by atoms with Gasteiger partial charge in [0.25, 0.3) is 0 Å². The number of hydrogen-bond acceptors (Lipinski definition) is 2. The van der Waals surface area contributed by atoms with Crippen LogP contribution in [0.4, 0.5) is 4.39 Å². The summed E-state index contributed by atoms with van der Waals surface area (Å²) in [5.74, 6) is 1.23. The standard InChI is InChI=1S/C20H15FN2O/c21-16-8-11-18-19(12-16)23-20(22-18)15-6-9-17(10-7-15)24-13-14-4-2-1-3-5-14/h1-12H,13H2,(H,22,23). The van der Waals surface area contributed by atoms with E-state index in [0.29, 0.717) is 17.9 Å². The number of aromatic amines is 1. The summed E-state index contributed by atoms with van der Waals surface area (Å²) >= 11 is 0. The van der Waals surface area contributed by atoms with Gasteiger partial charge in [-0.1, -0.05) is 30.3 Å². The number of H-pyrrole nitrogens is 1. The molecule has 0 fully saturated rings. The van der Waals surface area contributed by atoms with Crippen LogP contribution < -0.4 is 4.74 Å². The molecule has 0 amide bonds. The molecule has 3 nitrogen and oxygen atoms in total. The van der Waals surface area contributed by atoms with Crippen molar-refractivity contribution in [2.24, 2.45) is 0 Å². The van der Waals surface area contributed by atoms with E-state index in [2.05, 4.69) is 9.97 Å². The number of halogens is 1. The fourth-order valence-electron chi connectivity index (χ4n) is 2.57. The predicted octanol–water partition coefficient (Wildman–Crippen LogP) is 4.95. The molecule has 0 saturated heterocycles. The van der Waals surface area contributed by atoms with Gasteiger partial charge in [0.1, 0.15) is 24.0 Å². The van der Waals surface area contributed by atoms with Gasteiger partial charge in [-0.25, -0.2) is 9.37 Å². The van der Waals surface area contributed by atoms with Crippen LogP contribution in [0.3, 0.4) is 0 Å². The molecular formula is C20H15FN2O. The lowest BCUT2D eigenvalue weighted by Gasteiger charge is -2.06. The fraction of sp³-hybridized carbons (Fsp3) is 0.0500. The van der Waals surface area contributed by atoms with Gasteiger partial charge in [0.05, 0.1) is 11.0 Å². The third kappa shape index (κ3) is 2.99. The van der Waals surface area contributed by atoms with Gasteiger partial charge >= 0.3 is 0 Å². The molecule has 4 heteroatoms. The number of ether oxygens (including phenoxy) is 1. The Bertz CT molecular complexity index is 962. The van der Waals surface area contributed by atoms with Crippen molar-refractivity contribution in [3.8, 4) is 17.1 Å². The molecule has 0 unspecified atom stereocenters. The quantitative estimate of drug-likeness (QED) is 0.578. The van der Waals surface area contributed by atoms with Crippen LogP contribution in [0.5, 0.6) is 5.75 Å². The van der Waals surface area contributed by atoms with Crippen molar-refractivity contribution in [2.75, 3.05) is 0 Å². The molecule has 0 aliphatic carbocycles. The van der Waals surface area contributed by atoms with E-state index in [4.69, 9.17) is 4.74 Å². The van der Waals surface area contributed by atoms with Gasteiger partial charge < -0.3 is 9.72 Å². The summed E-state index contributed by atoms with van der Waals surface area (Å²) in [6.07, 6.45) is 0. The summed E-state index contributed by atoms with van der Waals surface area (Å²) in [7, 11) is 0. The van der Waals surface area contributed by atoms with Crippen LogP contribution in [-0.2, 0) is 6.61 Å². The number of benzene rings is 3. The molecule has 1 aromatic heterocycles. The largest absolute Gasteiger partial charge is 0.489 e. The first-order chi connectivity index (χ1) is 11.8. The predicted molar refractivity (Wildman–Crippen MR) is 92.3 cm³/mol. The molecule has 0 aliphatic heterocycles. The third-order valence-electron chi connectivity index (χ3n) is 3.82. The zero-order valence-corrected chi connectivity index (χ0v) is 12.9. The van der Waals surface area contributed by atoms with Crippen molar-refractivity contribution in [1.29, 1.82) is 0 Å². The minimum absolute atomic E-state index is 0.276. The molecule has 0 atom stereocenters. The molecule has 0 spiro atoms. The smallest absolute Gasteiger partial charge is 0.138 e. The molecule has 4 rings (SSSR count). The van der Waals surface area contributed by atoms with E-state index in [1.54, 1.807) is 6.07 Å². The van der Waals surface area contributed by atoms with E-state index in [0.717, 1.165) is 22.4 Å². The van der Waals surface area contributed by atoms with Gasteiger partial charge in [-0.2, -0.15) is 0 Å². The van der Waals surface area contributed by atoms with Crippen molar-refractivity contribution in [3.05, 3.63) is 84.2 Å². The zero-order chi connectivity index (χ0) is 16.4. The maximum Gasteiger partial charge on any atom is 0.138 e. The van der Waals surface area contributed by atoms with Crippen LogP contribution in [0.1, 0.15) is 5.56 Å². The Morgan fingerprint density at radius 2 is 1.71 bits per heavy atom. The van der Waals surface area contributed by atoms with Gasteiger partial charge in [0, 0.05) is 5.56 Å². The molecule has 0 saturated carbocycles. The number of hydrogen-bond donors (Lipinski definition) is 1. The zero-order valence-electron chi connectivity index (χ0n) is 12.9. The van der Waals surface area contributed by atoms with E-state index < -0.39 is 0 Å². The number of nitrogens with zero attached hydrogens (tertiary/aromatic N) is 1. The Morgan fingerprint density at radius 3 is 2.50 bits per heavy atom. The lowest BCUT2D eigenvalue weighted by Crippen LogP contribution is -1.94. The SMILES string of the molecule is Fc1ccc2nc(-c3ccc(OCc4ccccc4)cc3)[nH]c2c1. The summed E-state index contributed by atoms with van der Waals surface area (Å²) in [5, 5.41) is 0. The third-order valence-corrected chi connectivity index (χ3v) is 3.82. The summed E-state index contributed by atoms with van der Waals surface area (Å²) in [4.78, 5) is 7.62. The molecule has 0 aliphatic rings. The molecular weight excluding hydrogens is 303 g/mol. The molecule has 4 aromatic rings. The monoisotopic (exact) mass is 318 g/mol. The van der Waals surface area contributed by atoms with E-state index >= 15 is 0 Å². The molecule has 1 N–H and O–H groups in total. The second-order valence-electron chi connectivity index (χ2n) is 5.55. The van der Waals surface area contributed by atoms with Gasteiger partial charge in [0.15, 0.2) is 0 Å². The number of aromatic nitrogens is 2. The summed E-state index contributed by atoms with van der Waals surface area (Å²) in [6, 6.07) is 22.2. The molecule has 1 heterocycles. The lowest BCUT2D eigenvalue weighted by atomic mass is 10.2. The minimum Gasteiger partial charge on any atom is -0.489 e. The van der Waals surface area contributed by atoms with E-state index in [1.807, 2.05) is 54.6 Å². The highest BCUT2D eigenvalue weighted by molar-refractivity contribution is 5.79. The van der Waals surface area contributed by atoms with E-state index in [-0.39, 0.29) is 5.82 Å². The average Bonchev–Trinajstić information content (AvgIpc) is 3.04. The van der Waals surface area contributed by atoms with Crippen molar-refractivity contribution in [1.82, 2.24) is 9.97 Å². The molecule has 118 valence electrons.